The van der Waals surface area contributed by atoms with E-state index in [0.29, 0.717) is 56.9 Å². The number of aliphatic hydroxyl groups excluding tert-OH is 1. The van der Waals surface area contributed by atoms with Crippen LogP contribution in [0.15, 0.2) is 41.0 Å². The number of carbonyl (C=O) groups excluding carboxylic acids is 1. The van der Waals surface area contributed by atoms with Crippen LogP contribution in [0, 0.1) is 5.92 Å². The second-order valence-corrected chi connectivity index (χ2v) is 10.3. The number of nitrogens with zero attached hydrogens (tertiary/aromatic N) is 5. The Morgan fingerprint density at radius 1 is 0.944 bits per heavy atom. The zero-order valence-electron chi connectivity index (χ0n) is 21.7. The normalized spacial score (nSPS) is 19.2. The van der Waals surface area contributed by atoms with E-state index in [9.17, 15) is 9.90 Å². The largest absolute Gasteiger partial charge is 0.447 e. The monoisotopic (exact) mass is 499 g/mol. The predicted molar refractivity (Wildman–Crippen MR) is 138 cm³/mol. The maximum Gasteiger partial charge on any atom is 0.275 e. The van der Waals surface area contributed by atoms with Crippen LogP contribution in [0.1, 0.15) is 35.8 Å². The number of oxazole rings is 1. The van der Waals surface area contributed by atoms with Crippen LogP contribution in [0.4, 0.5) is 0 Å². The van der Waals surface area contributed by atoms with Crippen molar-refractivity contribution in [1.82, 2.24) is 24.6 Å². The average Bonchev–Trinajstić information content (AvgIpc) is 3.34. The Labute approximate surface area is 214 Å². The lowest BCUT2D eigenvalue weighted by molar-refractivity contribution is -0.000850. The van der Waals surface area contributed by atoms with E-state index in [1.54, 1.807) is 0 Å². The molecule has 0 saturated carbocycles. The summed E-state index contributed by atoms with van der Waals surface area (Å²) in [4.78, 5) is 26.3. The molecule has 198 valence electrons. The van der Waals surface area contributed by atoms with E-state index in [0.717, 1.165) is 45.8 Å². The Hall–Kier alpha value is -2.30. The van der Waals surface area contributed by atoms with E-state index >= 15 is 0 Å². The van der Waals surface area contributed by atoms with Crippen LogP contribution in [-0.2, 0) is 17.8 Å². The Morgan fingerprint density at radius 2 is 1.58 bits per heavy atom. The van der Waals surface area contributed by atoms with Crippen LogP contribution in [0.5, 0.6) is 0 Å². The molecule has 2 saturated heterocycles. The van der Waals surface area contributed by atoms with Gasteiger partial charge in [0.15, 0.2) is 5.69 Å². The summed E-state index contributed by atoms with van der Waals surface area (Å²) in [6.07, 6.45) is 1.04. The first-order valence-electron chi connectivity index (χ1n) is 13.2. The van der Waals surface area contributed by atoms with Crippen molar-refractivity contribution in [1.29, 1.82) is 0 Å². The zero-order chi connectivity index (χ0) is 25.3. The summed E-state index contributed by atoms with van der Waals surface area (Å²) in [5.41, 5.74) is 1.69. The first-order valence-corrected chi connectivity index (χ1v) is 13.2. The van der Waals surface area contributed by atoms with Crippen molar-refractivity contribution in [3.8, 4) is 0 Å². The van der Waals surface area contributed by atoms with Crippen LogP contribution in [0.25, 0.3) is 0 Å². The highest BCUT2D eigenvalue weighted by molar-refractivity contribution is 5.92. The molecule has 1 aromatic heterocycles. The van der Waals surface area contributed by atoms with Crippen molar-refractivity contribution in [2.75, 3.05) is 72.1 Å². The van der Waals surface area contributed by atoms with Gasteiger partial charge in [-0.15, -0.1) is 0 Å². The third-order valence-corrected chi connectivity index (χ3v) is 6.73. The lowest BCUT2D eigenvalue weighted by atomic mass is 10.2. The molecule has 2 aliphatic rings. The summed E-state index contributed by atoms with van der Waals surface area (Å²) in [5, 5.41) is 10.2. The minimum absolute atomic E-state index is 0.0529. The quantitative estimate of drug-likeness (QED) is 0.501. The molecule has 0 spiro atoms. The molecule has 0 bridgehead atoms. The van der Waals surface area contributed by atoms with Gasteiger partial charge in [-0.05, 0) is 11.5 Å². The van der Waals surface area contributed by atoms with Gasteiger partial charge in [0.05, 0.1) is 19.3 Å². The SMILES string of the molecule is CC(C)COCC(O)CN1CCN(Cc2nc(C(=O)N3CCN(Cc4ccccc4)CC3)co2)CC1. The Balaban J connectivity index is 1.16. The number of hydrogen-bond donors (Lipinski definition) is 1. The highest BCUT2D eigenvalue weighted by Gasteiger charge is 2.26. The van der Waals surface area contributed by atoms with Gasteiger partial charge in [-0.2, -0.15) is 0 Å². The Morgan fingerprint density at radius 3 is 2.28 bits per heavy atom. The van der Waals surface area contributed by atoms with Gasteiger partial charge in [0.25, 0.3) is 5.91 Å². The molecule has 1 aromatic carbocycles. The molecule has 9 nitrogen and oxygen atoms in total. The number of benzene rings is 1. The standard InChI is InChI=1S/C27H41N5O4/c1-22(2)19-35-20-24(33)17-30-8-10-31(11-9-30)18-26-28-25(21-36-26)27(34)32-14-12-29(13-15-32)16-23-6-4-3-5-7-23/h3-7,21-22,24,33H,8-20H2,1-2H3. The van der Waals surface area contributed by atoms with E-state index in [1.807, 2.05) is 11.0 Å². The molecule has 0 aliphatic carbocycles. The lowest BCUT2D eigenvalue weighted by Crippen LogP contribution is -2.48. The van der Waals surface area contributed by atoms with E-state index in [-0.39, 0.29) is 5.91 Å². The fraction of sp³-hybridized carbons (Fsp3) is 0.630. The summed E-state index contributed by atoms with van der Waals surface area (Å²) in [7, 11) is 0. The second kappa shape index (κ2) is 13.3. The fourth-order valence-corrected chi connectivity index (χ4v) is 4.71. The van der Waals surface area contributed by atoms with Crippen LogP contribution >= 0.6 is 0 Å². The van der Waals surface area contributed by atoms with Crippen molar-refractivity contribution in [3.05, 3.63) is 53.7 Å². The molecule has 36 heavy (non-hydrogen) atoms. The first-order chi connectivity index (χ1) is 17.5. The maximum absolute atomic E-state index is 13.0. The smallest absolute Gasteiger partial charge is 0.275 e. The number of carbonyl (C=O) groups is 1. The molecule has 2 fully saturated rings. The molecular formula is C27H41N5O4. The Kier molecular flexibility index (Phi) is 9.89. The third kappa shape index (κ3) is 8.11. The summed E-state index contributed by atoms with van der Waals surface area (Å²) in [6, 6.07) is 10.4. The van der Waals surface area contributed by atoms with Gasteiger partial charge >= 0.3 is 0 Å². The van der Waals surface area contributed by atoms with Gasteiger partial charge in [0.1, 0.15) is 6.26 Å². The average molecular weight is 500 g/mol. The number of β-amino-alcohol motifs (C(OH)–C–C–N with tert-alkyl or cyclic N) is 1. The second-order valence-electron chi connectivity index (χ2n) is 10.3. The number of aromatic nitrogens is 1. The van der Waals surface area contributed by atoms with Gasteiger partial charge in [-0.25, -0.2) is 4.98 Å². The predicted octanol–water partition coefficient (Wildman–Crippen LogP) is 1.78. The molecule has 2 aliphatic heterocycles. The molecule has 0 radical (unpaired) electrons. The molecule has 1 unspecified atom stereocenters. The maximum atomic E-state index is 13.0. The number of rotatable bonds is 11. The number of amides is 1. The van der Waals surface area contributed by atoms with E-state index in [2.05, 4.69) is 57.8 Å². The summed E-state index contributed by atoms with van der Waals surface area (Å²) < 4.78 is 11.2. The molecule has 2 aromatic rings. The minimum atomic E-state index is -0.462. The van der Waals surface area contributed by atoms with Crippen LogP contribution in [0.3, 0.4) is 0 Å². The molecule has 1 atom stereocenters. The summed E-state index contributed by atoms with van der Waals surface area (Å²) >= 11 is 0. The minimum Gasteiger partial charge on any atom is -0.447 e. The molecule has 1 amide bonds. The fourth-order valence-electron chi connectivity index (χ4n) is 4.71. The number of piperazine rings is 2. The van der Waals surface area contributed by atoms with Crippen molar-refractivity contribution >= 4 is 5.91 Å². The van der Waals surface area contributed by atoms with Gasteiger partial charge in [-0.3, -0.25) is 19.5 Å². The van der Waals surface area contributed by atoms with E-state index in [4.69, 9.17) is 9.15 Å². The molecular weight excluding hydrogens is 458 g/mol. The van der Waals surface area contributed by atoms with Crippen molar-refractivity contribution in [2.24, 2.45) is 5.92 Å². The number of hydrogen-bond acceptors (Lipinski definition) is 8. The first kappa shape index (κ1) is 26.8. The lowest BCUT2D eigenvalue weighted by Gasteiger charge is -2.35. The molecule has 1 N–H and O–H groups in total. The summed E-state index contributed by atoms with van der Waals surface area (Å²) in [6.45, 7) is 14.0. The van der Waals surface area contributed by atoms with Crippen LogP contribution < -0.4 is 0 Å². The van der Waals surface area contributed by atoms with E-state index in [1.165, 1.54) is 11.8 Å². The van der Waals surface area contributed by atoms with Gasteiger partial charge < -0.3 is 19.2 Å². The van der Waals surface area contributed by atoms with Crippen molar-refractivity contribution < 1.29 is 19.1 Å². The summed E-state index contributed by atoms with van der Waals surface area (Å²) in [5.74, 6) is 1.00. The van der Waals surface area contributed by atoms with Crippen LogP contribution in [-0.4, -0.2) is 114 Å². The third-order valence-electron chi connectivity index (χ3n) is 6.73. The highest BCUT2D eigenvalue weighted by Crippen LogP contribution is 2.14. The van der Waals surface area contributed by atoms with Gasteiger partial charge in [0, 0.05) is 72.1 Å². The van der Waals surface area contributed by atoms with Crippen LogP contribution in [0.2, 0.25) is 0 Å². The topological polar surface area (TPSA) is 85.5 Å². The molecule has 9 heteroatoms. The number of ether oxygens (including phenoxy) is 1. The number of aliphatic hydroxyl groups is 1. The van der Waals surface area contributed by atoms with Crippen molar-refractivity contribution in [2.45, 2.75) is 33.0 Å². The van der Waals surface area contributed by atoms with E-state index < -0.39 is 6.10 Å². The Bertz CT molecular complexity index is 921. The van der Waals surface area contributed by atoms with Crippen molar-refractivity contribution in [3.63, 3.8) is 0 Å². The highest BCUT2D eigenvalue weighted by atomic mass is 16.5. The molecule has 3 heterocycles. The zero-order valence-corrected chi connectivity index (χ0v) is 21.7. The van der Waals surface area contributed by atoms with Gasteiger partial charge in [-0.1, -0.05) is 44.2 Å². The molecule has 4 rings (SSSR count). The van der Waals surface area contributed by atoms with Gasteiger partial charge in [0.2, 0.25) is 5.89 Å².